The van der Waals surface area contributed by atoms with Gasteiger partial charge in [-0.1, -0.05) is 70.2 Å². The molecule has 4 rings (SSSR count). The number of benzene rings is 1. The Morgan fingerprint density at radius 1 is 1.14 bits per heavy atom. The molecular formula is C29H39N3O4. The molecule has 1 aromatic carbocycles. The fourth-order valence-corrected chi connectivity index (χ4v) is 4.18. The number of nitrogens with one attached hydrogen (secondary N) is 1. The van der Waals surface area contributed by atoms with E-state index in [1.54, 1.807) is 4.90 Å². The highest BCUT2D eigenvalue weighted by Gasteiger charge is 2.33. The zero-order valence-electron chi connectivity index (χ0n) is 22.4. The normalized spacial score (nSPS) is 14.8. The SMILES string of the molecule is C=C1CCN(C(=O)C(=O)c2c[nH]c3c(OC)ncc(OC)c23)C(CC)C1.CC.CCc1ccccc1. The van der Waals surface area contributed by atoms with Crippen LogP contribution in [-0.2, 0) is 11.2 Å². The van der Waals surface area contributed by atoms with Crippen LogP contribution in [0.5, 0.6) is 11.6 Å². The molecule has 194 valence electrons. The highest BCUT2D eigenvalue weighted by Crippen LogP contribution is 2.34. The smallest absolute Gasteiger partial charge is 0.295 e. The van der Waals surface area contributed by atoms with Crippen LogP contribution >= 0.6 is 0 Å². The molecule has 3 aromatic rings. The number of fused-ring (bicyclic) bond motifs is 1. The summed E-state index contributed by atoms with van der Waals surface area (Å²) >= 11 is 0. The minimum absolute atomic E-state index is 0.0102. The maximum Gasteiger partial charge on any atom is 0.295 e. The lowest BCUT2D eigenvalue weighted by atomic mass is 9.95. The summed E-state index contributed by atoms with van der Waals surface area (Å²) in [4.78, 5) is 34.7. The zero-order valence-corrected chi connectivity index (χ0v) is 22.4. The number of likely N-dealkylation sites (tertiary alicyclic amines) is 1. The van der Waals surface area contributed by atoms with E-state index in [4.69, 9.17) is 9.47 Å². The Morgan fingerprint density at radius 2 is 1.83 bits per heavy atom. The van der Waals surface area contributed by atoms with Gasteiger partial charge in [-0.3, -0.25) is 9.59 Å². The van der Waals surface area contributed by atoms with Crippen molar-refractivity contribution in [2.45, 2.75) is 59.4 Å². The summed E-state index contributed by atoms with van der Waals surface area (Å²) in [5.41, 5.74) is 3.33. The van der Waals surface area contributed by atoms with Gasteiger partial charge in [-0.05, 0) is 31.2 Å². The van der Waals surface area contributed by atoms with Crippen LogP contribution in [0, 0.1) is 0 Å². The number of carbonyl (C=O) groups excluding carboxylic acids is 2. The number of Topliss-reactive ketones (excluding diaryl/α,β-unsaturated/α-hetero) is 1. The van der Waals surface area contributed by atoms with Gasteiger partial charge in [0.2, 0.25) is 5.88 Å². The standard InChI is InChI=1S/C19H23N3O4.C8H10.C2H6/c1-5-12-8-11(2)6-7-22(12)19(24)17(23)13-9-20-16-15(13)14(25-3)10-21-18(16)26-4;1-2-8-6-4-3-5-7-8;1-2/h9-10,12,20H,2,5-8H2,1,3-4H3;3-7H,2H2,1H3;1-2H3. The van der Waals surface area contributed by atoms with Crippen molar-refractivity contribution < 1.29 is 19.1 Å². The highest BCUT2D eigenvalue weighted by atomic mass is 16.5. The summed E-state index contributed by atoms with van der Waals surface area (Å²) in [6.07, 6.45) is 6.39. The molecule has 1 unspecified atom stereocenters. The number of ketones is 1. The molecule has 1 aliphatic heterocycles. The molecule has 7 heteroatoms. The molecule has 1 fully saturated rings. The van der Waals surface area contributed by atoms with Gasteiger partial charge in [0.15, 0.2) is 0 Å². The summed E-state index contributed by atoms with van der Waals surface area (Å²) in [6, 6.07) is 10.5. The molecule has 0 aliphatic carbocycles. The number of ether oxygens (including phenoxy) is 2. The summed E-state index contributed by atoms with van der Waals surface area (Å²) in [5, 5.41) is 0.507. The fraction of sp³-hybridized carbons (Fsp3) is 0.414. The monoisotopic (exact) mass is 493 g/mol. The van der Waals surface area contributed by atoms with Crippen LogP contribution in [-0.4, -0.2) is 53.4 Å². The van der Waals surface area contributed by atoms with Crippen LogP contribution in [0.4, 0.5) is 0 Å². The van der Waals surface area contributed by atoms with E-state index in [9.17, 15) is 9.59 Å². The minimum Gasteiger partial charge on any atom is -0.494 e. The van der Waals surface area contributed by atoms with Crippen LogP contribution in [0.2, 0.25) is 0 Å². The Morgan fingerprint density at radius 3 is 2.39 bits per heavy atom. The molecule has 1 aliphatic rings. The van der Waals surface area contributed by atoms with Crippen LogP contribution in [0.25, 0.3) is 10.9 Å². The largest absolute Gasteiger partial charge is 0.494 e. The maximum atomic E-state index is 13.0. The van der Waals surface area contributed by atoms with Gasteiger partial charge in [0.25, 0.3) is 11.7 Å². The van der Waals surface area contributed by atoms with Crippen molar-refractivity contribution >= 4 is 22.6 Å². The number of pyridine rings is 1. The van der Waals surface area contributed by atoms with Crippen molar-refractivity contribution in [1.82, 2.24) is 14.9 Å². The summed E-state index contributed by atoms with van der Waals surface area (Å²) in [5.74, 6) is -0.304. The lowest BCUT2D eigenvalue weighted by Gasteiger charge is -2.35. The maximum absolute atomic E-state index is 13.0. The first-order valence-corrected chi connectivity index (χ1v) is 12.6. The van der Waals surface area contributed by atoms with Crippen molar-refractivity contribution in [3.05, 3.63) is 66.0 Å². The molecule has 0 radical (unpaired) electrons. The second kappa shape index (κ2) is 14.1. The van der Waals surface area contributed by atoms with Crippen molar-refractivity contribution in [3.8, 4) is 11.6 Å². The Bertz CT molecular complexity index is 1150. The van der Waals surface area contributed by atoms with Crippen molar-refractivity contribution in [3.63, 3.8) is 0 Å². The Hall–Kier alpha value is -3.61. The molecule has 0 spiro atoms. The predicted octanol–water partition coefficient (Wildman–Crippen LogP) is 6.00. The zero-order chi connectivity index (χ0) is 26.7. The Balaban J connectivity index is 0.000000384. The molecule has 1 saturated heterocycles. The number of rotatable bonds is 6. The average Bonchev–Trinajstić information content (AvgIpc) is 3.39. The molecular weight excluding hydrogens is 454 g/mol. The van der Waals surface area contributed by atoms with Crippen LogP contribution in [0.1, 0.15) is 62.9 Å². The molecule has 7 nitrogen and oxygen atoms in total. The van der Waals surface area contributed by atoms with E-state index in [1.807, 2.05) is 26.8 Å². The molecule has 1 atom stereocenters. The Labute approximate surface area is 214 Å². The second-order valence-electron chi connectivity index (χ2n) is 8.22. The number of aryl methyl sites for hydroxylation is 1. The first-order valence-electron chi connectivity index (χ1n) is 12.6. The topological polar surface area (TPSA) is 84.5 Å². The summed E-state index contributed by atoms with van der Waals surface area (Å²) < 4.78 is 10.6. The molecule has 0 saturated carbocycles. The number of hydrogen-bond acceptors (Lipinski definition) is 5. The quantitative estimate of drug-likeness (QED) is 0.259. The number of methoxy groups -OCH3 is 2. The molecule has 3 heterocycles. The summed E-state index contributed by atoms with van der Waals surface area (Å²) in [7, 11) is 2.99. The number of amides is 1. The van der Waals surface area contributed by atoms with E-state index >= 15 is 0 Å². The van der Waals surface area contributed by atoms with Gasteiger partial charge in [-0.15, -0.1) is 0 Å². The number of hydrogen-bond donors (Lipinski definition) is 1. The van der Waals surface area contributed by atoms with Gasteiger partial charge in [-0.25, -0.2) is 4.98 Å². The number of nitrogens with zero attached hydrogens (tertiary/aromatic N) is 2. The van der Waals surface area contributed by atoms with E-state index in [0.29, 0.717) is 29.1 Å². The van der Waals surface area contributed by atoms with E-state index < -0.39 is 11.7 Å². The number of piperidine rings is 1. The first kappa shape index (κ1) is 28.6. The van der Waals surface area contributed by atoms with E-state index in [2.05, 4.69) is 47.7 Å². The van der Waals surface area contributed by atoms with Gasteiger partial charge in [0, 0.05) is 18.8 Å². The molecule has 36 heavy (non-hydrogen) atoms. The predicted molar refractivity (Wildman–Crippen MR) is 145 cm³/mol. The van der Waals surface area contributed by atoms with Gasteiger partial charge < -0.3 is 19.4 Å². The third-order valence-electron chi connectivity index (χ3n) is 6.15. The van der Waals surface area contributed by atoms with Crippen molar-refractivity contribution in [2.75, 3.05) is 20.8 Å². The van der Waals surface area contributed by atoms with E-state index in [-0.39, 0.29) is 11.6 Å². The first-order chi connectivity index (χ1) is 17.4. The van der Waals surface area contributed by atoms with E-state index in [1.165, 1.54) is 32.2 Å². The Kier molecular flexibility index (Phi) is 11.2. The van der Waals surface area contributed by atoms with Crippen LogP contribution < -0.4 is 9.47 Å². The lowest BCUT2D eigenvalue weighted by molar-refractivity contribution is -0.129. The third-order valence-corrected chi connectivity index (χ3v) is 6.15. The number of H-pyrrole nitrogens is 1. The number of carbonyl (C=O) groups is 2. The average molecular weight is 494 g/mol. The minimum atomic E-state index is -0.561. The lowest BCUT2D eigenvalue weighted by Crippen LogP contribution is -2.47. The molecule has 1 amide bonds. The van der Waals surface area contributed by atoms with Gasteiger partial charge in [0.05, 0.1) is 31.4 Å². The highest BCUT2D eigenvalue weighted by molar-refractivity contribution is 6.45. The molecule has 0 bridgehead atoms. The van der Waals surface area contributed by atoms with Gasteiger partial charge >= 0.3 is 0 Å². The van der Waals surface area contributed by atoms with Crippen LogP contribution in [0.15, 0.2) is 54.9 Å². The van der Waals surface area contributed by atoms with Gasteiger partial charge in [0.1, 0.15) is 11.3 Å². The molecule has 1 N–H and O–H groups in total. The van der Waals surface area contributed by atoms with E-state index in [0.717, 1.165) is 31.3 Å². The van der Waals surface area contributed by atoms with Gasteiger partial charge in [-0.2, -0.15) is 0 Å². The van der Waals surface area contributed by atoms with Crippen LogP contribution in [0.3, 0.4) is 0 Å². The number of aromatic nitrogens is 2. The second-order valence-corrected chi connectivity index (χ2v) is 8.22. The van der Waals surface area contributed by atoms with Crippen molar-refractivity contribution in [1.29, 1.82) is 0 Å². The van der Waals surface area contributed by atoms with Crippen molar-refractivity contribution in [2.24, 2.45) is 0 Å². The summed E-state index contributed by atoms with van der Waals surface area (Å²) in [6.45, 7) is 12.7. The fourth-order valence-electron chi connectivity index (χ4n) is 4.18. The molecule has 2 aromatic heterocycles. The third kappa shape index (κ3) is 6.53. The number of aromatic amines is 1.